The van der Waals surface area contributed by atoms with E-state index in [9.17, 15) is 4.79 Å². The van der Waals surface area contributed by atoms with E-state index < -0.39 is 0 Å². The van der Waals surface area contributed by atoms with Crippen molar-refractivity contribution >= 4 is 28.6 Å². The van der Waals surface area contributed by atoms with Crippen molar-refractivity contribution in [3.05, 3.63) is 24.3 Å². The number of nitrogen functional groups attached to an aromatic ring is 1. The maximum atomic E-state index is 11.6. The van der Waals surface area contributed by atoms with E-state index in [1.807, 2.05) is 29.2 Å². The summed E-state index contributed by atoms with van der Waals surface area (Å²) in [5, 5.41) is 0. The smallest absolute Gasteiger partial charge is 0.240 e. The fourth-order valence-corrected chi connectivity index (χ4v) is 2.70. The Balaban J connectivity index is 2.07. The second-order valence-electron chi connectivity index (χ2n) is 5.03. The number of carbonyl (C=O) groups excluding carboxylic acids is 1. The number of hydrogen-bond donors (Lipinski definition) is 2. The zero-order chi connectivity index (χ0) is 14.1. The Labute approximate surface area is 116 Å². The molecule has 1 aromatic heterocycles. The Morgan fingerprint density at radius 1 is 1.20 bits per heavy atom. The predicted molar refractivity (Wildman–Crippen MR) is 78.1 cm³/mol. The highest BCUT2D eigenvalue weighted by molar-refractivity contribution is 5.86. The first-order valence-corrected chi connectivity index (χ1v) is 6.75. The molecule has 0 aliphatic carbocycles. The quantitative estimate of drug-likeness (QED) is 0.851. The monoisotopic (exact) mass is 271 g/mol. The molecule has 1 amide bonds. The second kappa shape index (κ2) is 4.96. The van der Waals surface area contributed by atoms with Crippen molar-refractivity contribution in [2.75, 3.05) is 17.2 Å². The van der Waals surface area contributed by atoms with E-state index in [-0.39, 0.29) is 11.9 Å². The van der Waals surface area contributed by atoms with Crippen LogP contribution in [0.5, 0.6) is 0 Å². The molecule has 1 atom stereocenters. The van der Waals surface area contributed by atoms with Gasteiger partial charge in [0.25, 0.3) is 0 Å². The number of carbonyl (C=O) groups is 1. The summed E-state index contributed by atoms with van der Waals surface area (Å²) in [6, 6.07) is 7.20. The van der Waals surface area contributed by atoms with Crippen LogP contribution in [0.2, 0.25) is 0 Å². The van der Waals surface area contributed by atoms with Crippen molar-refractivity contribution in [1.29, 1.82) is 0 Å². The van der Waals surface area contributed by atoms with E-state index in [4.69, 9.17) is 11.5 Å². The van der Waals surface area contributed by atoms with Gasteiger partial charge in [0.15, 0.2) is 11.6 Å². The van der Waals surface area contributed by atoms with Crippen LogP contribution in [0.25, 0.3) is 11.0 Å². The minimum Gasteiger partial charge on any atom is -0.381 e. The average molecular weight is 271 g/mol. The van der Waals surface area contributed by atoms with E-state index in [0.717, 1.165) is 36.8 Å². The Bertz CT molecular complexity index is 657. The number of primary amides is 1. The van der Waals surface area contributed by atoms with Crippen LogP contribution in [0, 0.1) is 0 Å². The maximum absolute atomic E-state index is 11.6. The number of nitrogens with zero attached hydrogens (tertiary/aromatic N) is 3. The van der Waals surface area contributed by atoms with Crippen LogP contribution in [0.1, 0.15) is 19.3 Å². The standard InChI is InChI=1S/C14H17N5O/c15-12-14(18-10-6-2-1-5-9(10)17-12)19-8-4-3-7-11(19)13(16)20/h1-2,5-6,11H,3-4,7-8H2,(H2,15,17)(H2,16,20). The molecule has 0 spiro atoms. The van der Waals surface area contributed by atoms with E-state index in [1.54, 1.807) is 0 Å². The molecule has 0 saturated carbocycles. The van der Waals surface area contributed by atoms with Gasteiger partial charge in [-0.2, -0.15) is 0 Å². The van der Waals surface area contributed by atoms with Gasteiger partial charge in [-0.1, -0.05) is 12.1 Å². The number of para-hydroxylation sites is 2. The number of anilines is 2. The minimum absolute atomic E-state index is 0.334. The summed E-state index contributed by atoms with van der Waals surface area (Å²) in [5.74, 6) is 0.572. The lowest BCUT2D eigenvalue weighted by Crippen LogP contribution is -2.48. The van der Waals surface area contributed by atoms with Gasteiger partial charge in [0.1, 0.15) is 6.04 Å². The topological polar surface area (TPSA) is 98.1 Å². The molecule has 1 unspecified atom stereocenters. The Hall–Kier alpha value is -2.37. The number of nitrogens with two attached hydrogens (primary N) is 2. The molecule has 104 valence electrons. The van der Waals surface area contributed by atoms with Gasteiger partial charge in [0.2, 0.25) is 5.91 Å². The first-order chi connectivity index (χ1) is 9.66. The van der Waals surface area contributed by atoms with Gasteiger partial charge >= 0.3 is 0 Å². The van der Waals surface area contributed by atoms with Crippen LogP contribution in [-0.2, 0) is 4.79 Å². The summed E-state index contributed by atoms with van der Waals surface area (Å²) in [7, 11) is 0. The number of hydrogen-bond acceptors (Lipinski definition) is 5. The third kappa shape index (κ3) is 2.13. The summed E-state index contributed by atoms with van der Waals surface area (Å²) >= 11 is 0. The number of piperidine rings is 1. The van der Waals surface area contributed by atoms with Crippen molar-refractivity contribution < 1.29 is 4.79 Å². The highest BCUT2D eigenvalue weighted by atomic mass is 16.1. The Morgan fingerprint density at radius 2 is 1.90 bits per heavy atom. The van der Waals surface area contributed by atoms with Crippen molar-refractivity contribution in [3.8, 4) is 0 Å². The third-order valence-electron chi connectivity index (χ3n) is 3.68. The summed E-state index contributed by atoms with van der Waals surface area (Å²) in [6.07, 6.45) is 2.73. The van der Waals surface area contributed by atoms with Gasteiger partial charge in [-0.25, -0.2) is 9.97 Å². The molecule has 20 heavy (non-hydrogen) atoms. The molecule has 4 N–H and O–H groups in total. The molecular formula is C14H17N5O. The van der Waals surface area contributed by atoms with Crippen LogP contribution in [-0.4, -0.2) is 28.5 Å². The summed E-state index contributed by atoms with van der Waals surface area (Å²) < 4.78 is 0. The van der Waals surface area contributed by atoms with Crippen LogP contribution < -0.4 is 16.4 Å². The highest BCUT2D eigenvalue weighted by Gasteiger charge is 2.29. The fourth-order valence-electron chi connectivity index (χ4n) is 2.70. The van der Waals surface area contributed by atoms with Crippen molar-refractivity contribution in [2.24, 2.45) is 5.73 Å². The first-order valence-electron chi connectivity index (χ1n) is 6.75. The fraction of sp³-hybridized carbons (Fsp3) is 0.357. The van der Waals surface area contributed by atoms with Crippen LogP contribution in [0.3, 0.4) is 0 Å². The Morgan fingerprint density at radius 3 is 2.60 bits per heavy atom. The molecule has 0 radical (unpaired) electrons. The first kappa shape index (κ1) is 12.7. The molecule has 6 heteroatoms. The van der Waals surface area contributed by atoms with Crippen LogP contribution in [0.15, 0.2) is 24.3 Å². The number of fused-ring (bicyclic) bond motifs is 1. The molecule has 1 fully saturated rings. The van der Waals surface area contributed by atoms with Gasteiger partial charge in [0, 0.05) is 6.54 Å². The number of rotatable bonds is 2. The molecule has 1 aromatic carbocycles. The molecule has 6 nitrogen and oxygen atoms in total. The van der Waals surface area contributed by atoms with E-state index in [2.05, 4.69) is 9.97 Å². The number of amides is 1. The summed E-state index contributed by atoms with van der Waals surface area (Å²) in [6.45, 7) is 0.727. The van der Waals surface area contributed by atoms with E-state index >= 15 is 0 Å². The molecule has 2 heterocycles. The Kier molecular flexibility index (Phi) is 3.14. The zero-order valence-corrected chi connectivity index (χ0v) is 11.1. The van der Waals surface area contributed by atoms with Crippen molar-refractivity contribution in [3.63, 3.8) is 0 Å². The molecule has 1 aliphatic rings. The van der Waals surface area contributed by atoms with Gasteiger partial charge in [-0.15, -0.1) is 0 Å². The minimum atomic E-state index is -0.346. The lowest BCUT2D eigenvalue weighted by molar-refractivity contribution is -0.119. The third-order valence-corrected chi connectivity index (χ3v) is 3.68. The summed E-state index contributed by atoms with van der Waals surface area (Å²) in [4.78, 5) is 22.4. The van der Waals surface area contributed by atoms with Gasteiger partial charge in [-0.05, 0) is 31.4 Å². The molecule has 1 saturated heterocycles. The van der Waals surface area contributed by atoms with Crippen molar-refractivity contribution in [2.45, 2.75) is 25.3 Å². The molecule has 0 bridgehead atoms. The van der Waals surface area contributed by atoms with Crippen molar-refractivity contribution in [1.82, 2.24) is 9.97 Å². The van der Waals surface area contributed by atoms with Crippen LogP contribution in [0.4, 0.5) is 11.6 Å². The SMILES string of the molecule is NC(=O)C1CCCCN1c1nc2ccccc2nc1N. The molecule has 2 aromatic rings. The maximum Gasteiger partial charge on any atom is 0.240 e. The van der Waals surface area contributed by atoms with E-state index in [0.29, 0.717) is 11.6 Å². The van der Waals surface area contributed by atoms with E-state index in [1.165, 1.54) is 0 Å². The number of aromatic nitrogens is 2. The molecule has 1 aliphatic heterocycles. The summed E-state index contributed by atoms with van der Waals surface area (Å²) in [5.41, 5.74) is 13.0. The second-order valence-corrected chi connectivity index (χ2v) is 5.03. The zero-order valence-electron chi connectivity index (χ0n) is 11.1. The van der Waals surface area contributed by atoms with Gasteiger partial charge in [-0.3, -0.25) is 4.79 Å². The normalized spacial score (nSPS) is 19.2. The lowest BCUT2D eigenvalue weighted by Gasteiger charge is -2.34. The largest absolute Gasteiger partial charge is 0.381 e. The average Bonchev–Trinajstić information content (AvgIpc) is 2.46. The van der Waals surface area contributed by atoms with Gasteiger partial charge < -0.3 is 16.4 Å². The highest BCUT2D eigenvalue weighted by Crippen LogP contribution is 2.28. The predicted octanol–water partition coefficient (Wildman–Crippen LogP) is 1.06. The van der Waals surface area contributed by atoms with Crippen LogP contribution >= 0.6 is 0 Å². The van der Waals surface area contributed by atoms with Gasteiger partial charge in [0.05, 0.1) is 11.0 Å². The lowest BCUT2D eigenvalue weighted by atomic mass is 10.0. The number of benzene rings is 1. The molecule has 3 rings (SSSR count). The molecular weight excluding hydrogens is 254 g/mol.